The quantitative estimate of drug-likeness (QED) is 0.819. The van der Waals surface area contributed by atoms with E-state index < -0.39 is 0 Å². The Hall–Kier alpha value is -2.32. The number of piperidine rings is 1. The van der Waals surface area contributed by atoms with Crippen molar-refractivity contribution in [3.63, 3.8) is 0 Å². The summed E-state index contributed by atoms with van der Waals surface area (Å²) in [5.74, 6) is 1.93. The Balaban J connectivity index is 1.35. The molecule has 9 nitrogen and oxygen atoms in total. The van der Waals surface area contributed by atoms with Gasteiger partial charge in [-0.25, -0.2) is 9.59 Å². The summed E-state index contributed by atoms with van der Waals surface area (Å²) < 4.78 is 2.21. The van der Waals surface area contributed by atoms with Gasteiger partial charge in [0.1, 0.15) is 5.82 Å². The molecule has 1 aromatic heterocycles. The van der Waals surface area contributed by atoms with Crippen molar-refractivity contribution in [3.05, 3.63) is 11.6 Å². The topological polar surface area (TPSA) is 95.4 Å². The first-order chi connectivity index (χ1) is 13.7. The normalized spacial score (nSPS) is 21.8. The first-order valence-corrected chi connectivity index (χ1v) is 10.7. The molecule has 3 aliphatic rings. The predicted octanol–water partition coefficient (Wildman–Crippen LogP) is 1.65. The van der Waals surface area contributed by atoms with E-state index in [9.17, 15) is 9.59 Å². The number of amides is 4. The van der Waals surface area contributed by atoms with Gasteiger partial charge in [0, 0.05) is 45.2 Å². The van der Waals surface area contributed by atoms with Crippen molar-refractivity contribution >= 4 is 12.1 Å². The molecule has 2 N–H and O–H groups in total. The molecule has 1 aromatic rings. The second-order valence-electron chi connectivity index (χ2n) is 7.99. The number of carbonyl (C=O) groups is 2. The highest BCUT2D eigenvalue weighted by Crippen LogP contribution is 2.22. The lowest BCUT2D eigenvalue weighted by atomic mass is 10.0. The van der Waals surface area contributed by atoms with Crippen LogP contribution in [0.2, 0.25) is 0 Å². The van der Waals surface area contributed by atoms with Crippen molar-refractivity contribution in [2.24, 2.45) is 0 Å². The van der Waals surface area contributed by atoms with E-state index in [0.29, 0.717) is 13.1 Å². The van der Waals surface area contributed by atoms with Crippen molar-refractivity contribution in [1.29, 1.82) is 0 Å². The molecule has 3 aliphatic heterocycles. The van der Waals surface area contributed by atoms with E-state index in [1.807, 2.05) is 9.80 Å². The summed E-state index contributed by atoms with van der Waals surface area (Å²) in [6, 6.07) is 0.110. The molecule has 2 saturated heterocycles. The molecule has 1 unspecified atom stereocenters. The van der Waals surface area contributed by atoms with Crippen LogP contribution >= 0.6 is 0 Å². The van der Waals surface area contributed by atoms with Gasteiger partial charge >= 0.3 is 12.1 Å². The number of nitrogens with zero attached hydrogens (tertiary/aromatic N) is 5. The number of hydrogen-bond acceptors (Lipinski definition) is 4. The van der Waals surface area contributed by atoms with E-state index in [1.165, 1.54) is 6.42 Å². The standard InChI is InChI=1S/C19H31N7O2/c1-2-15(17-23-22-16-6-4-3-5-10-26(16)17)21-19(28)24-11-7-14(8-12-24)25-13-9-20-18(25)27/h14-15H,2-13H2,1H3,(H,20,27)(H,21,28). The number of aromatic nitrogens is 3. The summed E-state index contributed by atoms with van der Waals surface area (Å²) in [5, 5.41) is 14.8. The Morgan fingerprint density at radius 3 is 2.71 bits per heavy atom. The molecule has 0 aromatic carbocycles. The van der Waals surface area contributed by atoms with Gasteiger partial charge in [0.2, 0.25) is 0 Å². The summed E-state index contributed by atoms with van der Waals surface area (Å²) in [6.45, 7) is 5.85. The van der Waals surface area contributed by atoms with E-state index >= 15 is 0 Å². The highest BCUT2D eigenvalue weighted by molar-refractivity contribution is 5.77. The molecule has 0 bridgehead atoms. The molecular weight excluding hydrogens is 358 g/mol. The smallest absolute Gasteiger partial charge is 0.317 e. The number of aryl methyl sites for hydroxylation is 1. The maximum Gasteiger partial charge on any atom is 0.317 e. The Morgan fingerprint density at radius 1 is 1.18 bits per heavy atom. The largest absolute Gasteiger partial charge is 0.336 e. The maximum atomic E-state index is 12.9. The average molecular weight is 390 g/mol. The van der Waals surface area contributed by atoms with Gasteiger partial charge in [-0.05, 0) is 32.1 Å². The third kappa shape index (κ3) is 3.79. The molecule has 4 heterocycles. The van der Waals surface area contributed by atoms with E-state index in [2.05, 4.69) is 32.3 Å². The molecule has 4 amide bonds. The lowest BCUT2D eigenvalue weighted by Gasteiger charge is -2.36. The van der Waals surface area contributed by atoms with Crippen molar-refractivity contribution in [1.82, 2.24) is 35.2 Å². The van der Waals surface area contributed by atoms with Crippen molar-refractivity contribution in [2.45, 2.75) is 70.5 Å². The minimum absolute atomic E-state index is 0.0291. The fraction of sp³-hybridized carbons (Fsp3) is 0.789. The highest BCUT2D eigenvalue weighted by Gasteiger charge is 2.32. The van der Waals surface area contributed by atoms with Crippen LogP contribution in [0.5, 0.6) is 0 Å². The molecule has 0 aliphatic carbocycles. The van der Waals surface area contributed by atoms with Crippen LogP contribution in [0, 0.1) is 0 Å². The molecule has 4 rings (SSSR count). The lowest BCUT2D eigenvalue weighted by molar-refractivity contribution is 0.139. The molecule has 154 valence electrons. The van der Waals surface area contributed by atoms with Crippen LogP contribution in [0.15, 0.2) is 0 Å². The Kier molecular flexibility index (Phi) is 5.68. The molecular formula is C19H31N7O2. The van der Waals surface area contributed by atoms with Crippen molar-refractivity contribution in [2.75, 3.05) is 26.2 Å². The zero-order valence-electron chi connectivity index (χ0n) is 16.7. The number of rotatable bonds is 4. The SMILES string of the molecule is CCC(NC(=O)N1CCC(N2CCNC2=O)CC1)c1nnc2n1CCCCC2. The van der Waals surface area contributed by atoms with Crippen LogP contribution in [-0.4, -0.2) is 68.8 Å². The zero-order chi connectivity index (χ0) is 19.5. The van der Waals surface area contributed by atoms with Crippen LogP contribution in [0.1, 0.15) is 63.1 Å². The summed E-state index contributed by atoms with van der Waals surface area (Å²) >= 11 is 0. The summed E-state index contributed by atoms with van der Waals surface area (Å²) in [7, 11) is 0. The van der Waals surface area contributed by atoms with Gasteiger partial charge < -0.3 is 25.0 Å². The Labute approximate surface area is 165 Å². The highest BCUT2D eigenvalue weighted by atomic mass is 16.2. The van der Waals surface area contributed by atoms with Crippen LogP contribution in [0.3, 0.4) is 0 Å². The first kappa shape index (κ1) is 19.0. The Morgan fingerprint density at radius 2 is 2.00 bits per heavy atom. The van der Waals surface area contributed by atoms with E-state index in [1.54, 1.807) is 0 Å². The Bertz CT molecular complexity index is 711. The van der Waals surface area contributed by atoms with Crippen LogP contribution in [0.25, 0.3) is 0 Å². The van der Waals surface area contributed by atoms with Gasteiger partial charge in [0.05, 0.1) is 6.04 Å². The zero-order valence-corrected chi connectivity index (χ0v) is 16.7. The predicted molar refractivity (Wildman–Crippen MR) is 104 cm³/mol. The fourth-order valence-corrected chi connectivity index (χ4v) is 4.57. The number of carbonyl (C=O) groups excluding carboxylic acids is 2. The monoisotopic (exact) mass is 389 g/mol. The third-order valence-corrected chi connectivity index (χ3v) is 6.24. The third-order valence-electron chi connectivity index (χ3n) is 6.24. The second kappa shape index (κ2) is 8.36. The van der Waals surface area contributed by atoms with Gasteiger partial charge in [0.15, 0.2) is 5.82 Å². The van der Waals surface area contributed by atoms with Crippen LogP contribution < -0.4 is 10.6 Å². The minimum atomic E-state index is -0.117. The van der Waals surface area contributed by atoms with Crippen molar-refractivity contribution < 1.29 is 9.59 Å². The van der Waals surface area contributed by atoms with Gasteiger partial charge in [-0.1, -0.05) is 13.3 Å². The van der Waals surface area contributed by atoms with Crippen LogP contribution in [0.4, 0.5) is 9.59 Å². The molecule has 1 atom stereocenters. The number of hydrogen-bond donors (Lipinski definition) is 2. The molecule has 2 fully saturated rings. The van der Waals surface area contributed by atoms with Gasteiger partial charge in [-0.3, -0.25) is 0 Å². The molecule has 0 radical (unpaired) electrons. The van der Waals surface area contributed by atoms with E-state index in [-0.39, 0.29) is 24.1 Å². The average Bonchev–Trinajstić information content (AvgIpc) is 3.25. The lowest BCUT2D eigenvalue weighted by Crippen LogP contribution is -2.50. The second-order valence-corrected chi connectivity index (χ2v) is 7.99. The summed E-state index contributed by atoms with van der Waals surface area (Å²) in [6.07, 6.45) is 6.93. The number of nitrogens with one attached hydrogen (secondary N) is 2. The number of fused-ring (bicyclic) bond motifs is 1. The van der Waals surface area contributed by atoms with Gasteiger partial charge in [0.25, 0.3) is 0 Å². The summed E-state index contributed by atoms with van der Waals surface area (Å²) in [5.41, 5.74) is 0. The molecule has 0 saturated carbocycles. The summed E-state index contributed by atoms with van der Waals surface area (Å²) in [4.78, 5) is 28.5. The maximum absolute atomic E-state index is 12.9. The van der Waals surface area contributed by atoms with Gasteiger partial charge in [-0.2, -0.15) is 0 Å². The fourth-order valence-electron chi connectivity index (χ4n) is 4.57. The minimum Gasteiger partial charge on any atom is -0.336 e. The van der Waals surface area contributed by atoms with E-state index in [0.717, 1.165) is 69.8 Å². The molecule has 9 heteroatoms. The van der Waals surface area contributed by atoms with Crippen LogP contribution in [-0.2, 0) is 13.0 Å². The van der Waals surface area contributed by atoms with Gasteiger partial charge in [-0.15, -0.1) is 10.2 Å². The molecule has 28 heavy (non-hydrogen) atoms. The first-order valence-electron chi connectivity index (χ1n) is 10.7. The number of likely N-dealkylation sites (tertiary alicyclic amines) is 1. The number of urea groups is 2. The molecule has 0 spiro atoms. The van der Waals surface area contributed by atoms with E-state index in [4.69, 9.17) is 0 Å². The van der Waals surface area contributed by atoms with Crippen molar-refractivity contribution in [3.8, 4) is 0 Å².